The van der Waals surface area contributed by atoms with Crippen LogP contribution >= 0.6 is 22.6 Å². The molecule has 0 saturated heterocycles. The van der Waals surface area contributed by atoms with Crippen LogP contribution in [0.25, 0.3) is 0 Å². The Morgan fingerprint density at radius 1 is 1.47 bits per heavy atom. The molecule has 1 aromatic carbocycles. The highest BCUT2D eigenvalue weighted by Crippen LogP contribution is 2.34. The van der Waals surface area contributed by atoms with E-state index in [2.05, 4.69) is 11.4 Å². The molecule has 0 heterocycles. The number of hydrogen-bond donors (Lipinski definition) is 1. The van der Waals surface area contributed by atoms with Crippen molar-refractivity contribution in [3.63, 3.8) is 0 Å². The van der Waals surface area contributed by atoms with Gasteiger partial charge in [0.25, 0.3) is 0 Å². The molecule has 1 N–H and O–H groups in total. The topological polar surface area (TPSA) is 35.8 Å². The smallest absolute Gasteiger partial charge is 0.138 e. The van der Waals surface area contributed by atoms with Gasteiger partial charge < -0.3 is 5.32 Å². The van der Waals surface area contributed by atoms with Gasteiger partial charge in [0.1, 0.15) is 11.4 Å². The zero-order valence-corrected chi connectivity index (χ0v) is 10.2. The number of nitrogens with zero attached hydrogens (tertiary/aromatic N) is 1. The summed E-state index contributed by atoms with van der Waals surface area (Å²) in [4.78, 5) is 0. The fraction of sp³-hybridized carbons (Fsp3) is 0.364. The lowest BCUT2D eigenvalue weighted by Gasteiger charge is -2.36. The fourth-order valence-corrected chi connectivity index (χ4v) is 1.98. The van der Waals surface area contributed by atoms with E-state index in [1.165, 1.54) is 6.07 Å². The second kappa shape index (κ2) is 3.97. The largest absolute Gasteiger partial charge is 0.367 e. The third-order valence-corrected chi connectivity index (χ3v) is 3.60. The molecule has 78 valence electrons. The average molecular weight is 316 g/mol. The SMILES string of the molecule is N#CC1(Nc2ccc(I)c(F)c2)CCC1. The van der Waals surface area contributed by atoms with Crippen LogP contribution in [0.3, 0.4) is 0 Å². The summed E-state index contributed by atoms with van der Waals surface area (Å²) in [6, 6.07) is 7.22. The zero-order valence-electron chi connectivity index (χ0n) is 8.06. The lowest BCUT2D eigenvalue weighted by atomic mass is 9.78. The third-order valence-electron chi connectivity index (χ3n) is 2.72. The van der Waals surface area contributed by atoms with Gasteiger partial charge in [-0.15, -0.1) is 0 Å². The number of rotatable bonds is 2. The van der Waals surface area contributed by atoms with Crippen molar-refractivity contribution in [1.29, 1.82) is 5.26 Å². The predicted molar refractivity (Wildman–Crippen MR) is 64.9 cm³/mol. The Balaban J connectivity index is 2.18. The van der Waals surface area contributed by atoms with Gasteiger partial charge in [0, 0.05) is 9.26 Å². The molecule has 1 aromatic rings. The summed E-state index contributed by atoms with van der Waals surface area (Å²) in [5, 5.41) is 12.1. The van der Waals surface area contributed by atoms with Crippen LogP contribution in [-0.2, 0) is 0 Å². The zero-order chi connectivity index (χ0) is 10.9. The number of nitriles is 1. The molecule has 0 unspecified atom stereocenters. The van der Waals surface area contributed by atoms with Crippen molar-refractivity contribution in [3.05, 3.63) is 27.6 Å². The van der Waals surface area contributed by atoms with Gasteiger partial charge >= 0.3 is 0 Å². The number of anilines is 1. The minimum absolute atomic E-state index is 0.243. The van der Waals surface area contributed by atoms with E-state index in [-0.39, 0.29) is 5.82 Å². The molecule has 1 saturated carbocycles. The molecule has 0 amide bonds. The van der Waals surface area contributed by atoms with Crippen molar-refractivity contribution in [2.45, 2.75) is 24.8 Å². The van der Waals surface area contributed by atoms with Gasteiger partial charge in [0.2, 0.25) is 0 Å². The summed E-state index contributed by atoms with van der Waals surface area (Å²) >= 11 is 1.94. The summed E-state index contributed by atoms with van der Waals surface area (Å²) in [5.41, 5.74) is 0.230. The molecule has 0 spiro atoms. The standard InChI is InChI=1S/C11H10FIN2/c12-9-6-8(2-3-10(9)13)15-11(7-14)4-1-5-11/h2-3,6,15H,1,4-5H2. The van der Waals surface area contributed by atoms with E-state index in [1.807, 2.05) is 28.7 Å². The van der Waals surface area contributed by atoms with Crippen LogP contribution in [0.5, 0.6) is 0 Å². The highest BCUT2D eigenvalue weighted by molar-refractivity contribution is 14.1. The van der Waals surface area contributed by atoms with Crippen molar-refractivity contribution in [3.8, 4) is 6.07 Å². The molecule has 0 radical (unpaired) electrons. The second-order valence-corrected chi connectivity index (χ2v) is 4.96. The molecule has 15 heavy (non-hydrogen) atoms. The molecule has 1 fully saturated rings. The minimum Gasteiger partial charge on any atom is -0.367 e. The van der Waals surface area contributed by atoms with Crippen molar-refractivity contribution >= 4 is 28.3 Å². The molecule has 4 heteroatoms. The number of hydrogen-bond acceptors (Lipinski definition) is 2. The van der Waals surface area contributed by atoms with E-state index in [4.69, 9.17) is 5.26 Å². The Labute approximate surface area is 102 Å². The minimum atomic E-state index is -0.459. The first kappa shape index (κ1) is 10.7. The Morgan fingerprint density at radius 3 is 2.67 bits per heavy atom. The van der Waals surface area contributed by atoms with Gasteiger partial charge in [0.15, 0.2) is 0 Å². The van der Waals surface area contributed by atoms with Crippen LogP contribution in [0.1, 0.15) is 19.3 Å². The highest BCUT2D eigenvalue weighted by Gasteiger charge is 2.37. The molecular formula is C11H10FIN2. The van der Waals surface area contributed by atoms with E-state index in [9.17, 15) is 4.39 Å². The average Bonchev–Trinajstić information content (AvgIpc) is 2.17. The summed E-state index contributed by atoms with van der Waals surface area (Å²) in [6.07, 6.45) is 2.75. The first-order valence-corrected chi connectivity index (χ1v) is 5.88. The van der Waals surface area contributed by atoms with E-state index in [0.717, 1.165) is 19.3 Å². The van der Waals surface area contributed by atoms with Crippen molar-refractivity contribution < 1.29 is 4.39 Å². The molecule has 0 bridgehead atoms. The van der Waals surface area contributed by atoms with Gasteiger partial charge in [-0.1, -0.05) is 0 Å². The Bertz CT molecular complexity index is 421. The molecular weight excluding hydrogens is 306 g/mol. The Kier molecular flexibility index (Phi) is 2.83. The van der Waals surface area contributed by atoms with E-state index in [0.29, 0.717) is 9.26 Å². The van der Waals surface area contributed by atoms with Crippen molar-refractivity contribution in [2.24, 2.45) is 0 Å². The summed E-state index contributed by atoms with van der Waals surface area (Å²) < 4.78 is 13.8. The third kappa shape index (κ3) is 2.07. The maximum atomic E-state index is 13.2. The lowest BCUT2D eigenvalue weighted by Crippen LogP contribution is -2.43. The van der Waals surface area contributed by atoms with Crippen LogP contribution in [0.2, 0.25) is 0 Å². The molecule has 1 aliphatic rings. The first-order valence-electron chi connectivity index (χ1n) is 4.80. The molecule has 2 rings (SSSR count). The predicted octanol–water partition coefficient (Wildman–Crippen LogP) is 3.29. The molecule has 1 aliphatic carbocycles. The molecule has 2 nitrogen and oxygen atoms in total. The molecule has 0 aliphatic heterocycles. The van der Waals surface area contributed by atoms with E-state index < -0.39 is 5.54 Å². The van der Waals surface area contributed by atoms with Gasteiger partial charge in [-0.25, -0.2) is 4.39 Å². The highest BCUT2D eigenvalue weighted by atomic mass is 127. The van der Waals surface area contributed by atoms with Gasteiger partial charge in [-0.3, -0.25) is 0 Å². The van der Waals surface area contributed by atoms with E-state index in [1.54, 1.807) is 6.07 Å². The van der Waals surface area contributed by atoms with Gasteiger partial charge in [0.05, 0.1) is 6.07 Å². The van der Waals surface area contributed by atoms with Crippen molar-refractivity contribution in [1.82, 2.24) is 0 Å². The van der Waals surface area contributed by atoms with Gasteiger partial charge in [-0.05, 0) is 60.1 Å². The van der Waals surface area contributed by atoms with E-state index >= 15 is 0 Å². The van der Waals surface area contributed by atoms with Crippen LogP contribution in [-0.4, -0.2) is 5.54 Å². The Morgan fingerprint density at radius 2 is 2.20 bits per heavy atom. The van der Waals surface area contributed by atoms with Gasteiger partial charge in [-0.2, -0.15) is 5.26 Å². The van der Waals surface area contributed by atoms with Crippen LogP contribution in [0.15, 0.2) is 18.2 Å². The number of nitrogens with one attached hydrogen (secondary N) is 1. The number of halogens is 2. The monoisotopic (exact) mass is 316 g/mol. The van der Waals surface area contributed by atoms with Crippen molar-refractivity contribution in [2.75, 3.05) is 5.32 Å². The maximum absolute atomic E-state index is 13.2. The van der Waals surface area contributed by atoms with Crippen LogP contribution in [0, 0.1) is 20.7 Å². The summed E-state index contributed by atoms with van der Waals surface area (Å²) in [6.45, 7) is 0. The summed E-state index contributed by atoms with van der Waals surface area (Å²) in [5.74, 6) is -0.243. The molecule has 0 atom stereocenters. The summed E-state index contributed by atoms with van der Waals surface area (Å²) in [7, 11) is 0. The fourth-order valence-electron chi connectivity index (χ4n) is 1.65. The normalized spacial score (nSPS) is 17.7. The first-order chi connectivity index (χ1) is 7.15. The van der Waals surface area contributed by atoms with Crippen LogP contribution in [0.4, 0.5) is 10.1 Å². The molecule has 0 aromatic heterocycles. The maximum Gasteiger partial charge on any atom is 0.138 e. The number of benzene rings is 1. The lowest BCUT2D eigenvalue weighted by molar-refractivity contribution is 0.356. The van der Waals surface area contributed by atoms with Crippen LogP contribution < -0.4 is 5.32 Å². The second-order valence-electron chi connectivity index (χ2n) is 3.80. The Hall–Kier alpha value is -0.830. The quantitative estimate of drug-likeness (QED) is 0.850.